The summed E-state index contributed by atoms with van der Waals surface area (Å²) in [7, 11) is 0. The lowest BCUT2D eigenvalue weighted by Gasteiger charge is -2.07. The predicted molar refractivity (Wildman–Crippen MR) is 120 cm³/mol. The topological polar surface area (TPSA) is 112 Å². The molecule has 10 heteroatoms. The molecule has 0 aliphatic rings. The Morgan fingerprint density at radius 3 is 2.75 bits per heavy atom. The average Bonchev–Trinajstić information content (AvgIpc) is 3.38. The molecule has 8 nitrogen and oxygen atoms in total. The molecule has 164 valence electrons. The van der Waals surface area contributed by atoms with Gasteiger partial charge in [-0.25, -0.2) is 9.07 Å². The summed E-state index contributed by atoms with van der Waals surface area (Å²) in [5.41, 5.74) is 9.49. The number of halogens is 1. The Morgan fingerprint density at radius 2 is 2.03 bits per heavy atom. The molecule has 3 N–H and O–H groups in total. The van der Waals surface area contributed by atoms with E-state index in [9.17, 15) is 9.18 Å². The third-order valence-corrected chi connectivity index (χ3v) is 5.44. The number of hydrogen-bond donors (Lipinski definition) is 2. The summed E-state index contributed by atoms with van der Waals surface area (Å²) in [6, 6.07) is 13.7. The Labute approximate surface area is 188 Å². The lowest BCUT2D eigenvalue weighted by Crippen LogP contribution is -2.28. The summed E-state index contributed by atoms with van der Waals surface area (Å²) in [5.74, 6) is 0.328. The van der Waals surface area contributed by atoms with Crippen molar-refractivity contribution in [3.63, 3.8) is 0 Å². The van der Waals surface area contributed by atoms with Gasteiger partial charge < -0.3 is 15.6 Å². The highest BCUT2D eigenvalue weighted by molar-refractivity contribution is 7.98. The highest BCUT2D eigenvalue weighted by Gasteiger charge is 2.23. The zero-order valence-electron chi connectivity index (χ0n) is 17.5. The number of aromatic nitrogens is 4. The van der Waals surface area contributed by atoms with Crippen LogP contribution in [0.2, 0.25) is 0 Å². The zero-order valence-corrected chi connectivity index (χ0v) is 18.3. The first kappa shape index (κ1) is 21.6. The van der Waals surface area contributed by atoms with Gasteiger partial charge in [0.15, 0.2) is 0 Å². The molecule has 4 aromatic rings. The van der Waals surface area contributed by atoms with E-state index in [1.54, 1.807) is 12.1 Å². The van der Waals surface area contributed by atoms with E-state index in [4.69, 9.17) is 10.3 Å². The van der Waals surface area contributed by atoms with Crippen molar-refractivity contribution in [2.24, 2.45) is 0 Å². The lowest BCUT2D eigenvalue weighted by atomic mass is 10.1. The Kier molecular flexibility index (Phi) is 6.22. The molecule has 0 saturated heterocycles. The van der Waals surface area contributed by atoms with Gasteiger partial charge in [-0.15, -0.1) is 11.8 Å². The maximum absolute atomic E-state index is 13.0. The average molecular weight is 453 g/mol. The van der Waals surface area contributed by atoms with Crippen molar-refractivity contribution >= 4 is 23.5 Å². The van der Waals surface area contributed by atoms with Crippen LogP contribution in [0.3, 0.4) is 0 Å². The quantitative estimate of drug-likeness (QED) is 0.412. The van der Waals surface area contributed by atoms with Crippen LogP contribution in [0.4, 0.5) is 10.2 Å². The third kappa shape index (κ3) is 4.65. The molecule has 2 heterocycles. The summed E-state index contributed by atoms with van der Waals surface area (Å²) < 4.78 is 19.9. The van der Waals surface area contributed by atoms with Gasteiger partial charge in [0.05, 0.1) is 0 Å². The number of anilines is 1. The minimum atomic E-state index is -0.326. The molecular formula is C22H21FN6O2S. The maximum atomic E-state index is 13.0. The number of nitrogens with two attached hydrogens (primary N) is 1. The van der Waals surface area contributed by atoms with Gasteiger partial charge in [0.2, 0.25) is 11.7 Å². The van der Waals surface area contributed by atoms with E-state index in [1.807, 2.05) is 37.4 Å². The zero-order chi connectivity index (χ0) is 22.7. The fourth-order valence-corrected chi connectivity index (χ4v) is 3.71. The molecule has 0 spiro atoms. The molecule has 0 unspecified atom stereocenters. The van der Waals surface area contributed by atoms with Crippen molar-refractivity contribution in [1.29, 1.82) is 0 Å². The van der Waals surface area contributed by atoms with Gasteiger partial charge in [0.1, 0.15) is 28.8 Å². The van der Waals surface area contributed by atoms with E-state index in [0.717, 1.165) is 16.7 Å². The van der Waals surface area contributed by atoms with Crippen LogP contribution in [0.1, 0.15) is 11.1 Å². The summed E-state index contributed by atoms with van der Waals surface area (Å²) >= 11 is 1.36. The Hall–Kier alpha value is -3.66. The van der Waals surface area contributed by atoms with Crippen molar-refractivity contribution in [2.75, 3.05) is 12.0 Å². The highest BCUT2D eigenvalue weighted by Crippen LogP contribution is 2.34. The number of carbonyl (C=O) groups excluding carboxylic acids is 1. The SMILES string of the molecule is CSc1nn(CC(=O)NCc2ccc(F)cc2)c(N)c1-c1nc(-c2cccc(C)c2)no1. The van der Waals surface area contributed by atoms with E-state index in [1.165, 1.54) is 28.6 Å². The fourth-order valence-electron chi connectivity index (χ4n) is 3.14. The number of nitrogen functional groups attached to an aromatic ring is 1. The first-order chi connectivity index (χ1) is 15.4. The molecule has 0 aliphatic heterocycles. The molecule has 0 aliphatic carbocycles. The van der Waals surface area contributed by atoms with Gasteiger partial charge in [-0.2, -0.15) is 10.1 Å². The van der Waals surface area contributed by atoms with Gasteiger partial charge >= 0.3 is 0 Å². The fraction of sp³-hybridized carbons (Fsp3) is 0.182. The first-order valence-corrected chi connectivity index (χ1v) is 11.0. The number of benzene rings is 2. The van der Waals surface area contributed by atoms with E-state index in [-0.39, 0.29) is 36.5 Å². The molecule has 32 heavy (non-hydrogen) atoms. The minimum absolute atomic E-state index is 0.0839. The van der Waals surface area contributed by atoms with Crippen LogP contribution in [0.15, 0.2) is 58.1 Å². The number of rotatable bonds is 7. The van der Waals surface area contributed by atoms with E-state index >= 15 is 0 Å². The minimum Gasteiger partial charge on any atom is -0.383 e. The summed E-state index contributed by atoms with van der Waals surface area (Å²) in [6.45, 7) is 2.17. The molecular weight excluding hydrogens is 431 g/mol. The number of amides is 1. The molecule has 0 atom stereocenters. The highest BCUT2D eigenvalue weighted by atomic mass is 32.2. The molecule has 1 amide bonds. The molecule has 0 bridgehead atoms. The van der Waals surface area contributed by atoms with Crippen LogP contribution in [-0.4, -0.2) is 32.1 Å². The number of carbonyl (C=O) groups is 1. The molecule has 0 saturated carbocycles. The van der Waals surface area contributed by atoms with Crippen molar-refractivity contribution in [1.82, 2.24) is 25.2 Å². The van der Waals surface area contributed by atoms with Crippen molar-refractivity contribution in [3.05, 3.63) is 65.5 Å². The van der Waals surface area contributed by atoms with Crippen LogP contribution in [0, 0.1) is 12.7 Å². The number of nitrogens with one attached hydrogen (secondary N) is 1. The second-order valence-corrected chi connectivity index (χ2v) is 7.92. The van der Waals surface area contributed by atoms with Crippen molar-refractivity contribution in [3.8, 4) is 22.8 Å². The number of hydrogen-bond acceptors (Lipinski definition) is 7. The van der Waals surface area contributed by atoms with E-state index in [0.29, 0.717) is 16.4 Å². The van der Waals surface area contributed by atoms with Crippen LogP contribution in [0.25, 0.3) is 22.8 Å². The second kappa shape index (κ2) is 9.23. The van der Waals surface area contributed by atoms with Gasteiger partial charge in [-0.1, -0.05) is 41.1 Å². The predicted octanol–water partition coefficient (Wildman–Crippen LogP) is 3.67. The molecule has 0 radical (unpaired) electrons. The monoisotopic (exact) mass is 452 g/mol. The maximum Gasteiger partial charge on any atom is 0.264 e. The summed E-state index contributed by atoms with van der Waals surface area (Å²) in [5, 5.41) is 11.8. The molecule has 4 rings (SSSR count). The van der Waals surface area contributed by atoms with Crippen LogP contribution >= 0.6 is 11.8 Å². The van der Waals surface area contributed by atoms with Gasteiger partial charge in [0, 0.05) is 12.1 Å². The van der Waals surface area contributed by atoms with E-state index in [2.05, 4.69) is 20.6 Å². The largest absolute Gasteiger partial charge is 0.383 e. The third-order valence-electron chi connectivity index (χ3n) is 4.77. The summed E-state index contributed by atoms with van der Waals surface area (Å²) in [6.07, 6.45) is 1.85. The molecule has 2 aromatic carbocycles. The number of nitrogens with zero attached hydrogens (tertiary/aromatic N) is 4. The van der Waals surface area contributed by atoms with Gasteiger partial charge in [-0.05, 0) is 36.9 Å². The number of aryl methyl sites for hydroxylation is 1. The van der Waals surface area contributed by atoms with Crippen LogP contribution in [0.5, 0.6) is 0 Å². The van der Waals surface area contributed by atoms with Crippen molar-refractivity contribution < 1.29 is 13.7 Å². The second-order valence-electron chi connectivity index (χ2n) is 7.12. The first-order valence-electron chi connectivity index (χ1n) is 9.77. The Balaban J connectivity index is 1.52. The van der Waals surface area contributed by atoms with Gasteiger partial charge in [-0.3, -0.25) is 4.79 Å². The van der Waals surface area contributed by atoms with Crippen LogP contribution < -0.4 is 11.1 Å². The summed E-state index contributed by atoms with van der Waals surface area (Å²) in [4.78, 5) is 16.9. The normalized spacial score (nSPS) is 11.0. The lowest BCUT2D eigenvalue weighted by molar-refractivity contribution is -0.122. The van der Waals surface area contributed by atoms with Crippen molar-refractivity contribution in [2.45, 2.75) is 25.0 Å². The van der Waals surface area contributed by atoms with E-state index < -0.39 is 0 Å². The Bertz CT molecular complexity index is 1250. The Morgan fingerprint density at radius 1 is 1.25 bits per heavy atom. The van der Waals surface area contributed by atoms with Crippen LogP contribution in [-0.2, 0) is 17.9 Å². The van der Waals surface area contributed by atoms with Gasteiger partial charge in [0.25, 0.3) is 5.89 Å². The standard InChI is InChI=1S/C22H21FN6O2S/c1-13-4-3-5-15(10-13)20-26-21(31-28-20)18-19(24)29(27-22(18)32-2)12-17(30)25-11-14-6-8-16(23)9-7-14/h3-10H,11-12,24H2,1-2H3,(H,25,30). The smallest absolute Gasteiger partial charge is 0.264 e. The molecule has 2 aromatic heterocycles. The molecule has 0 fully saturated rings. The number of thioether (sulfide) groups is 1.